The Morgan fingerprint density at radius 2 is 1.83 bits per heavy atom. The standard InChI is InChI=1S/C9H14FN2O13P3S/c10-6-4(3-22-27(18,19)25-28(20,21)24-26(15,16)17)23-8(7(6)13)12-2-1-5(29)11-9(12)14/h1-2,4,6-8,13H,3H2,(H,18,19)(H,20,21)(H,11,14,29)(H2,15,16,17)/t4-,6-,7-,8-/m0/s1. The molecule has 0 saturated carbocycles. The Hall–Kier alpha value is -0.640. The zero-order valence-corrected chi connectivity index (χ0v) is 17.2. The molecule has 0 bridgehead atoms. The molecule has 6 N–H and O–H groups in total. The van der Waals surface area contributed by atoms with E-state index in [9.17, 15) is 32.9 Å². The third-order valence-corrected chi connectivity index (χ3v) is 7.27. The fourth-order valence-electron chi connectivity index (χ4n) is 2.17. The van der Waals surface area contributed by atoms with Crippen LogP contribution >= 0.6 is 35.7 Å². The summed E-state index contributed by atoms with van der Waals surface area (Å²) in [5, 5.41) is 9.91. The van der Waals surface area contributed by atoms with E-state index in [-0.39, 0.29) is 4.64 Å². The fourth-order valence-corrected chi connectivity index (χ4v) is 5.35. The van der Waals surface area contributed by atoms with Gasteiger partial charge in [0.05, 0.1) is 6.61 Å². The first-order valence-electron chi connectivity index (χ1n) is 7.18. The van der Waals surface area contributed by atoms with Crippen LogP contribution in [-0.2, 0) is 31.6 Å². The summed E-state index contributed by atoms with van der Waals surface area (Å²) in [6.45, 7) is -1.13. The maximum atomic E-state index is 14.2. The highest BCUT2D eigenvalue weighted by Gasteiger charge is 2.47. The molecule has 1 fully saturated rings. The van der Waals surface area contributed by atoms with Gasteiger partial charge < -0.3 is 29.4 Å². The van der Waals surface area contributed by atoms with E-state index in [4.69, 9.17) is 31.6 Å². The van der Waals surface area contributed by atoms with Gasteiger partial charge in [-0.1, -0.05) is 12.2 Å². The van der Waals surface area contributed by atoms with E-state index in [1.165, 1.54) is 6.07 Å². The van der Waals surface area contributed by atoms with Gasteiger partial charge in [-0.05, 0) is 6.07 Å². The van der Waals surface area contributed by atoms with Gasteiger partial charge in [0.2, 0.25) is 0 Å². The first-order valence-corrected chi connectivity index (χ1v) is 12.1. The number of aliphatic hydroxyl groups excluding tert-OH is 1. The second kappa shape index (κ2) is 8.85. The number of phosphoric ester groups is 1. The van der Waals surface area contributed by atoms with E-state index in [1.807, 2.05) is 0 Å². The first-order chi connectivity index (χ1) is 13.1. The summed E-state index contributed by atoms with van der Waals surface area (Å²) in [4.78, 5) is 49.3. The quantitative estimate of drug-likeness (QED) is 0.201. The predicted octanol–water partition coefficient (Wildman–Crippen LogP) is -0.154. The Kier molecular flexibility index (Phi) is 7.51. The number of hydrogen-bond donors (Lipinski definition) is 6. The van der Waals surface area contributed by atoms with Gasteiger partial charge in [-0.2, -0.15) is 8.62 Å². The van der Waals surface area contributed by atoms with E-state index in [1.54, 1.807) is 0 Å². The molecule has 0 spiro atoms. The lowest BCUT2D eigenvalue weighted by Crippen LogP contribution is -2.34. The van der Waals surface area contributed by atoms with Gasteiger partial charge in [-0.15, -0.1) is 0 Å². The molecule has 0 amide bonds. The third kappa shape index (κ3) is 6.94. The van der Waals surface area contributed by atoms with Crippen molar-refractivity contribution in [3.8, 4) is 0 Å². The summed E-state index contributed by atoms with van der Waals surface area (Å²) in [6, 6.07) is 1.25. The van der Waals surface area contributed by atoms with Gasteiger partial charge in [0, 0.05) is 6.20 Å². The minimum Gasteiger partial charge on any atom is -0.385 e. The summed E-state index contributed by atoms with van der Waals surface area (Å²) in [7, 11) is -16.8. The first kappa shape index (κ1) is 24.6. The summed E-state index contributed by atoms with van der Waals surface area (Å²) in [6.07, 6.45) is -6.35. The number of phosphoric acid groups is 3. The average molecular weight is 502 g/mol. The number of aromatic amines is 1. The van der Waals surface area contributed by atoms with Crippen LogP contribution < -0.4 is 5.69 Å². The molecule has 1 aliphatic rings. The molecule has 15 nitrogen and oxygen atoms in total. The van der Waals surface area contributed by atoms with Crippen molar-refractivity contribution in [1.29, 1.82) is 0 Å². The summed E-state index contributed by atoms with van der Waals surface area (Å²) in [5.74, 6) is 0. The molecule has 0 radical (unpaired) electrons. The van der Waals surface area contributed by atoms with E-state index in [0.717, 1.165) is 10.8 Å². The number of aromatic nitrogens is 2. The van der Waals surface area contributed by atoms with Gasteiger partial charge in [0.25, 0.3) is 0 Å². The van der Waals surface area contributed by atoms with Crippen LogP contribution in [0.15, 0.2) is 17.1 Å². The molecule has 166 valence electrons. The Bertz CT molecular complexity index is 1010. The number of nitrogens with zero attached hydrogens (tertiary/aromatic N) is 1. The summed E-state index contributed by atoms with van der Waals surface area (Å²) >= 11 is 4.73. The minimum absolute atomic E-state index is 0.0553. The van der Waals surface area contributed by atoms with Crippen LogP contribution in [0.1, 0.15) is 6.23 Å². The maximum absolute atomic E-state index is 14.2. The van der Waals surface area contributed by atoms with Crippen molar-refractivity contribution in [2.24, 2.45) is 0 Å². The Labute approximate surface area is 165 Å². The second-order valence-electron chi connectivity index (χ2n) is 5.40. The molecule has 20 heteroatoms. The van der Waals surface area contributed by atoms with Crippen LogP contribution in [0.25, 0.3) is 0 Å². The van der Waals surface area contributed by atoms with Crippen molar-refractivity contribution < 1.29 is 60.6 Å². The molecule has 6 atom stereocenters. The highest BCUT2D eigenvalue weighted by atomic mass is 32.1. The van der Waals surface area contributed by atoms with Crippen LogP contribution in [0.2, 0.25) is 0 Å². The lowest BCUT2D eigenvalue weighted by Gasteiger charge is -2.18. The third-order valence-electron chi connectivity index (χ3n) is 3.23. The molecule has 1 aromatic rings. The highest BCUT2D eigenvalue weighted by Crippen LogP contribution is 2.66. The van der Waals surface area contributed by atoms with Crippen molar-refractivity contribution in [3.05, 3.63) is 27.4 Å². The Morgan fingerprint density at radius 3 is 2.38 bits per heavy atom. The van der Waals surface area contributed by atoms with Gasteiger partial charge in [-0.25, -0.2) is 22.9 Å². The molecule has 0 aliphatic carbocycles. The number of aliphatic hydroxyl groups is 1. The van der Waals surface area contributed by atoms with E-state index < -0.39 is 60.4 Å². The Morgan fingerprint density at radius 1 is 1.21 bits per heavy atom. The average Bonchev–Trinajstić information content (AvgIpc) is 2.78. The number of hydrogen-bond acceptors (Lipinski definition) is 10. The van der Waals surface area contributed by atoms with Crippen molar-refractivity contribution in [2.45, 2.75) is 24.6 Å². The van der Waals surface area contributed by atoms with E-state index >= 15 is 0 Å². The number of ether oxygens (including phenoxy) is 1. The van der Waals surface area contributed by atoms with Crippen LogP contribution in [0.3, 0.4) is 0 Å². The van der Waals surface area contributed by atoms with Gasteiger partial charge in [0.15, 0.2) is 12.4 Å². The van der Waals surface area contributed by atoms with Crippen molar-refractivity contribution >= 4 is 35.7 Å². The van der Waals surface area contributed by atoms with Gasteiger partial charge in [-0.3, -0.25) is 14.1 Å². The monoisotopic (exact) mass is 502 g/mol. The predicted molar refractivity (Wildman–Crippen MR) is 90.5 cm³/mol. The van der Waals surface area contributed by atoms with Gasteiger partial charge in [0.1, 0.15) is 16.8 Å². The van der Waals surface area contributed by atoms with Crippen molar-refractivity contribution in [3.63, 3.8) is 0 Å². The molecule has 0 aromatic carbocycles. The molecular weight excluding hydrogens is 488 g/mol. The molecule has 29 heavy (non-hydrogen) atoms. The molecule has 1 aliphatic heterocycles. The second-order valence-corrected chi connectivity index (χ2v) is 10.3. The number of rotatable bonds is 8. The SMILES string of the molecule is O=c1[nH]c(=S)ccn1[C@H]1O[C@@H](COP(=O)(O)OP(=O)(O)OP(=O)(O)O)[C@H](F)[C@@H]1O. The Balaban J connectivity index is 2.06. The fraction of sp³-hybridized carbons (Fsp3) is 0.556. The number of H-pyrrole nitrogens is 1. The maximum Gasteiger partial charge on any atom is 0.490 e. The lowest BCUT2D eigenvalue weighted by molar-refractivity contribution is -0.0530. The number of alkyl halides is 1. The van der Waals surface area contributed by atoms with Crippen LogP contribution in [0.5, 0.6) is 0 Å². The number of halogens is 1. The van der Waals surface area contributed by atoms with Crippen LogP contribution in [0, 0.1) is 4.64 Å². The van der Waals surface area contributed by atoms with Crippen molar-refractivity contribution in [1.82, 2.24) is 9.55 Å². The largest absolute Gasteiger partial charge is 0.490 e. The van der Waals surface area contributed by atoms with E-state index in [2.05, 4.69) is 18.1 Å². The molecule has 1 aromatic heterocycles. The van der Waals surface area contributed by atoms with Crippen LogP contribution in [-0.4, -0.2) is 59.2 Å². The zero-order chi connectivity index (χ0) is 22.2. The minimum atomic E-state index is -5.74. The smallest absolute Gasteiger partial charge is 0.385 e. The van der Waals surface area contributed by atoms with Gasteiger partial charge >= 0.3 is 29.2 Å². The summed E-state index contributed by atoms with van der Waals surface area (Å²) < 4.78 is 64.7. The zero-order valence-electron chi connectivity index (χ0n) is 13.7. The molecule has 2 unspecified atom stereocenters. The van der Waals surface area contributed by atoms with Crippen molar-refractivity contribution in [2.75, 3.05) is 6.61 Å². The lowest BCUT2D eigenvalue weighted by atomic mass is 10.1. The highest BCUT2D eigenvalue weighted by molar-refractivity contribution is 7.71. The van der Waals surface area contributed by atoms with Crippen LogP contribution in [0.4, 0.5) is 4.39 Å². The molecular formula is C9H14FN2O13P3S. The van der Waals surface area contributed by atoms with E-state index in [0.29, 0.717) is 0 Å². The normalized spacial score (nSPS) is 29.3. The molecule has 1 saturated heterocycles. The molecule has 2 rings (SSSR count). The summed E-state index contributed by atoms with van der Waals surface area (Å²) in [5.41, 5.74) is -0.845. The molecule has 2 heterocycles. The number of nitrogens with one attached hydrogen (secondary N) is 1. The topological polar surface area (TPSA) is 227 Å².